The lowest BCUT2D eigenvalue weighted by Crippen LogP contribution is -2.12. The van der Waals surface area contributed by atoms with Crippen LogP contribution in [0.3, 0.4) is 0 Å². The molecular formula is C24H30N12O10S2. The Hall–Kier alpha value is -5.02. The second kappa shape index (κ2) is 15.7. The summed E-state index contributed by atoms with van der Waals surface area (Å²) in [5.41, 5.74) is 0.272. The lowest BCUT2D eigenvalue weighted by molar-refractivity contribution is 0.322. The molecule has 2 aromatic carbocycles. The van der Waals surface area contributed by atoms with E-state index in [2.05, 4.69) is 61.8 Å². The molecule has 0 fully saturated rings. The molecule has 0 spiro atoms. The second-order valence-corrected chi connectivity index (χ2v) is 11.9. The van der Waals surface area contributed by atoms with Crippen LogP contribution in [0.25, 0.3) is 12.2 Å². The van der Waals surface area contributed by atoms with Gasteiger partial charge in [0.15, 0.2) is 0 Å². The molecule has 258 valence electrons. The van der Waals surface area contributed by atoms with Crippen LogP contribution < -0.4 is 31.9 Å². The van der Waals surface area contributed by atoms with Gasteiger partial charge in [0.05, 0.1) is 4.90 Å². The Bertz CT molecular complexity index is 1830. The van der Waals surface area contributed by atoms with E-state index in [1.807, 2.05) is 0 Å². The highest BCUT2D eigenvalue weighted by molar-refractivity contribution is 8.19. The van der Waals surface area contributed by atoms with E-state index in [4.69, 9.17) is 20.4 Å². The fraction of sp³-hybridized carbons (Fsp3) is 0.167. The zero-order valence-electron chi connectivity index (χ0n) is 24.3. The number of nitrogens with zero attached hydrogens (tertiary/aromatic N) is 6. The van der Waals surface area contributed by atoms with Gasteiger partial charge in [-0.25, -0.2) is 0 Å². The minimum absolute atomic E-state index is 0.0375. The topological polar surface area (TPSA) is 346 Å². The molecule has 0 aliphatic carbocycles. The number of hydrogen-bond donors (Lipinski definition) is 14. The van der Waals surface area contributed by atoms with Crippen LogP contribution in [-0.2, 0) is 10.1 Å². The van der Waals surface area contributed by atoms with Gasteiger partial charge in [0.2, 0.25) is 35.7 Å². The molecule has 0 bridgehead atoms. The van der Waals surface area contributed by atoms with E-state index in [-0.39, 0.29) is 63.1 Å². The SMILES string of the molecule is O=S(=O)(O)c1cc(Nc2nc(NCO)nc(NCO)n2)ccc1C=Cc1ccc(Nc2nc(NCO)nc(NCO)n2)cc1S(O)(O)O. The summed E-state index contributed by atoms with van der Waals surface area (Å²) in [5, 5.41) is 51.9. The minimum atomic E-state index is -4.83. The van der Waals surface area contributed by atoms with Crippen molar-refractivity contribution in [2.45, 2.75) is 9.79 Å². The fourth-order valence-electron chi connectivity index (χ4n) is 3.86. The molecule has 4 aromatic rings. The second-order valence-electron chi connectivity index (χ2n) is 9.03. The third kappa shape index (κ3) is 9.75. The number of rotatable bonds is 16. The molecule has 0 atom stereocenters. The standard InChI is InChI=1S/C24H30N12O10S2/c37-9-25-19-31-20(26-10-38)34-23(33-19)29-15-5-3-13(17(7-15)47(41,42)43)1-2-14-4-6-16(8-18(14)48(44,45)46)30-24-35-21(27-11-39)32-22(36-24)28-12-40/h1-8,37-43H,9-12H2,(H,44,45,46)(H3,25,26,29,31,33,34)(H3,27,28,30,32,35,36). The van der Waals surface area contributed by atoms with Crippen molar-refractivity contribution in [3.8, 4) is 0 Å². The zero-order chi connectivity index (χ0) is 34.9. The van der Waals surface area contributed by atoms with Crippen molar-refractivity contribution >= 4 is 80.2 Å². The van der Waals surface area contributed by atoms with Crippen LogP contribution in [0.15, 0.2) is 46.2 Å². The van der Waals surface area contributed by atoms with Gasteiger partial charge in [-0.2, -0.15) is 38.3 Å². The average molecular weight is 711 g/mol. The maximum atomic E-state index is 12.3. The third-order valence-electron chi connectivity index (χ3n) is 5.77. The molecule has 0 saturated carbocycles. The number of aliphatic hydroxyl groups is 4. The fourth-order valence-corrected chi connectivity index (χ4v) is 5.31. The molecule has 0 aliphatic heterocycles. The summed E-state index contributed by atoms with van der Waals surface area (Å²) in [6.45, 7) is -2.06. The summed E-state index contributed by atoms with van der Waals surface area (Å²) in [4.78, 5) is 23.0. The van der Waals surface area contributed by atoms with Crippen molar-refractivity contribution in [3.05, 3.63) is 47.5 Å². The summed E-state index contributed by atoms with van der Waals surface area (Å²) in [5.74, 6) is -0.486. The van der Waals surface area contributed by atoms with E-state index in [0.29, 0.717) is 0 Å². The molecule has 2 heterocycles. The number of benzene rings is 2. The quantitative estimate of drug-likeness (QED) is 0.0437. The highest BCUT2D eigenvalue weighted by Crippen LogP contribution is 2.47. The van der Waals surface area contributed by atoms with Crippen LogP contribution >= 0.6 is 10.9 Å². The Morgan fingerprint density at radius 1 is 0.521 bits per heavy atom. The van der Waals surface area contributed by atoms with E-state index in [1.54, 1.807) is 0 Å². The van der Waals surface area contributed by atoms with E-state index in [0.717, 1.165) is 6.07 Å². The van der Waals surface area contributed by atoms with Gasteiger partial charge in [0, 0.05) is 11.4 Å². The molecular weight excluding hydrogens is 680 g/mol. The molecule has 24 heteroatoms. The predicted octanol–water partition coefficient (Wildman–Crippen LogP) is 0.990. The number of aliphatic hydroxyl groups excluding tert-OH is 4. The van der Waals surface area contributed by atoms with Crippen LogP contribution in [0.4, 0.5) is 47.1 Å². The molecule has 22 nitrogen and oxygen atoms in total. The van der Waals surface area contributed by atoms with Crippen LogP contribution in [0.1, 0.15) is 11.1 Å². The van der Waals surface area contributed by atoms with Gasteiger partial charge in [-0.3, -0.25) is 4.55 Å². The van der Waals surface area contributed by atoms with Crippen LogP contribution in [0, 0.1) is 0 Å². The van der Waals surface area contributed by atoms with Gasteiger partial charge < -0.3 is 66.0 Å². The molecule has 2 aromatic heterocycles. The molecule has 0 aliphatic rings. The monoisotopic (exact) mass is 710 g/mol. The van der Waals surface area contributed by atoms with Gasteiger partial charge in [-0.1, -0.05) is 24.3 Å². The van der Waals surface area contributed by atoms with Gasteiger partial charge in [0.1, 0.15) is 42.7 Å². The van der Waals surface area contributed by atoms with Gasteiger partial charge in [-0.05, 0) is 35.4 Å². The molecule has 0 unspecified atom stereocenters. The van der Waals surface area contributed by atoms with E-state index in [1.165, 1.54) is 42.5 Å². The number of aromatic nitrogens is 6. The van der Waals surface area contributed by atoms with Crippen molar-refractivity contribution < 1.29 is 47.1 Å². The highest BCUT2D eigenvalue weighted by Gasteiger charge is 2.21. The van der Waals surface area contributed by atoms with E-state index in [9.17, 15) is 26.6 Å². The molecule has 0 amide bonds. The van der Waals surface area contributed by atoms with Crippen molar-refractivity contribution in [1.29, 1.82) is 0 Å². The number of anilines is 8. The van der Waals surface area contributed by atoms with E-state index < -0.39 is 52.8 Å². The largest absolute Gasteiger partial charge is 0.376 e. The first-order valence-electron chi connectivity index (χ1n) is 13.2. The van der Waals surface area contributed by atoms with Crippen LogP contribution in [0.5, 0.6) is 0 Å². The molecule has 4 rings (SSSR count). The Balaban J connectivity index is 1.66. The number of nitrogens with one attached hydrogen (secondary N) is 6. The van der Waals surface area contributed by atoms with Gasteiger partial charge >= 0.3 is 0 Å². The summed E-state index contributed by atoms with van der Waals surface area (Å²) >= 11 is 0. The van der Waals surface area contributed by atoms with Crippen molar-refractivity contribution in [2.75, 3.05) is 58.8 Å². The first kappa shape index (κ1) is 35.8. The third-order valence-corrected chi connectivity index (χ3v) is 7.63. The number of hydrogen-bond acceptors (Lipinski definition) is 21. The Kier molecular flexibility index (Phi) is 11.7. The molecule has 0 saturated heterocycles. The first-order valence-corrected chi connectivity index (χ1v) is 16.2. The Morgan fingerprint density at radius 3 is 1.19 bits per heavy atom. The van der Waals surface area contributed by atoms with Gasteiger partial charge in [-0.15, -0.1) is 0 Å². The average Bonchev–Trinajstić information content (AvgIpc) is 3.00. The first-order chi connectivity index (χ1) is 22.8. The van der Waals surface area contributed by atoms with Crippen molar-refractivity contribution in [3.63, 3.8) is 0 Å². The predicted molar refractivity (Wildman–Crippen MR) is 174 cm³/mol. The van der Waals surface area contributed by atoms with Gasteiger partial charge in [0.25, 0.3) is 10.1 Å². The van der Waals surface area contributed by atoms with Crippen molar-refractivity contribution in [1.82, 2.24) is 29.9 Å². The lowest BCUT2D eigenvalue weighted by Gasteiger charge is -2.22. The van der Waals surface area contributed by atoms with Crippen molar-refractivity contribution in [2.24, 2.45) is 0 Å². The zero-order valence-corrected chi connectivity index (χ0v) is 26.0. The smallest absolute Gasteiger partial charge is 0.295 e. The summed E-state index contributed by atoms with van der Waals surface area (Å²) in [6.07, 6.45) is 2.51. The molecule has 14 N–H and O–H groups in total. The van der Waals surface area contributed by atoms with Crippen LogP contribution in [-0.4, -0.2) is 104 Å². The summed E-state index contributed by atoms with van der Waals surface area (Å²) in [7, 11) is -9.19. The maximum Gasteiger partial charge on any atom is 0.295 e. The maximum absolute atomic E-state index is 12.3. The normalized spacial score (nSPS) is 12.1. The summed E-state index contributed by atoms with van der Waals surface area (Å²) in [6, 6.07) is 7.77. The molecule has 48 heavy (non-hydrogen) atoms. The Morgan fingerprint density at radius 2 is 0.854 bits per heavy atom. The van der Waals surface area contributed by atoms with E-state index >= 15 is 0 Å². The summed E-state index contributed by atoms with van der Waals surface area (Å²) < 4.78 is 65.1. The molecule has 0 radical (unpaired) electrons. The van der Waals surface area contributed by atoms with Crippen LogP contribution in [0.2, 0.25) is 0 Å². The lowest BCUT2D eigenvalue weighted by atomic mass is 10.1. The Labute approximate surface area is 273 Å². The minimum Gasteiger partial charge on any atom is -0.376 e. The highest BCUT2D eigenvalue weighted by atomic mass is 32.3.